The first kappa shape index (κ1) is 34.8. The van der Waals surface area contributed by atoms with E-state index >= 15 is 0 Å². The standard InChI is InChI=1S/C31H55NO8/c1-11-13-31(37)14-17(3)24(22-16-29(8,38-10)27(34)21(7)39-22)19(5)28(35)40-23(12-2)30(9,36)26(33)20(6)25(32)18(4)15-31/h11,13,17-24,26-27,32-34,36-37H,12,14-16H2,1-10H3/b13-11+,32-25?/t17-,18-,19-,20+,21+,22-,23-,24?,26-,27+,29-,30-,31+/m1/s1. The number of esters is 1. The highest BCUT2D eigenvalue weighted by molar-refractivity contribution is 5.86. The average molecular weight is 570 g/mol. The Hall–Kier alpha value is -1.36. The molecular formula is C31H55NO8. The molecule has 0 aliphatic carbocycles. The summed E-state index contributed by atoms with van der Waals surface area (Å²) in [6, 6.07) is 0. The zero-order chi connectivity index (χ0) is 30.8. The summed E-state index contributed by atoms with van der Waals surface area (Å²) in [6.45, 7) is 15.9. The van der Waals surface area contributed by atoms with Gasteiger partial charge in [-0.3, -0.25) is 4.79 Å². The van der Waals surface area contributed by atoms with E-state index in [1.807, 2.05) is 27.7 Å². The van der Waals surface area contributed by atoms with Crippen LogP contribution in [0.1, 0.15) is 88.0 Å². The molecule has 0 spiro atoms. The number of allylic oxidation sites excluding steroid dienone is 1. The number of carbonyl (C=O) groups excluding carboxylic acids is 1. The fourth-order valence-corrected chi connectivity index (χ4v) is 7.23. The highest BCUT2D eigenvalue weighted by atomic mass is 16.6. The fraction of sp³-hybridized carbons (Fsp3) is 0.871. The second-order valence-electron chi connectivity index (χ2n) is 13.1. The van der Waals surface area contributed by atoms with Gasteiger partial charge in [0.2, 0.25) is 0 Å². The van der Waals surface area contributed by atoms with Gasteiger partial charge in [-0.15, -0.1) is 0 Å². The van der Waals surface area contributed by atoms with Gasteiger partial charge in [0.05, 0.1) is 35.4 Å². The predicted molar refractivity (Wildman–Crippen MR) is 154 cm³/mol. The lowest BCUT2D eigenvalue weighted by Gasteiger charge is -2.49. The average Bonchev–Trinajstić information content (AvgIpc) is 2.87. The van der Waals surface area contributed by atoms with Crippen molar-refractivity contribution in [1.29, 1.82) is 5.41 Å². The highest BCUT2D eigenvalue weighted by Crippen LogP contribution is 2.43. The molecule has 9 nitrogen and oxygen atoms in total. The fourth-order valence-electron chi connectivity index (χ4n) is 7.23. The molecule has 0 bridgehead atoms. The lowest BCUT2D eigenvalue weighted by atomic mass is 9.68. The van der Waals surface area contributed by atoms with E-state index in [1.165, 1.54) is 6.92 Å². The number of nitrogens with one attached hydrogen (secondary N) is 1. The van der Waals surface area contributed by atoms with Crippen LogP contribution in [0, 0.1) is 35.0 Å². The number of hydrogen-bond donors (Lipinski definition) is 5. The molecule has 1 unspecified atom stereocenters. The van der Waals surface area contributed by atoms with Crippen molar-refractivity contribution in [2.24, 2.45) is 29.6 Å². The first-order chi connectivity index (χ1) is 18.4. The van der Waals surface area contributed by atoms with Crippen LogP contribution in [-0.4, -0.2) is 86.5 Å². The van der Waals surface area contributed by atoms with Crippen LogP contribution in [-0.2, 0) is 19.0 Å². The topological polar surface area (TPSA) is 150 Å². The Bertz CT molecular complexity index is 908. The van der Waals surface area contributed by atoms with Crippen molar-refractivity contribution in [3.63, 3.8) is 0 Å². The lowest BCUT2D eigenvalue weighted by Crippen LogP contribution is -2.59. The van der Waals surface area contributed by atoms with Crippen LogP contribution in [0.15, 0.2) is 12.2 Å². The molecule has 2 saturated heterocycles. The van der Waals surface area contributed by atoms with Crippen molar-refractivity contribution in [1.82, 2.24) is 0 Å². The zero-order valence-corrected chi connectivity index (χ0v) is 26.2. The van der Waals surface area contributed by atoms with E-state index in [0.717, 1.165) is 0 Å². The van der Waals surface area contributed by atoms with Crippen molar-refractivity contribution in [2.75, 3.05) is 7.11 Å². The third-order valence-corrected chi connectivity index (χ3v) is 9.76. The van der Waals surface area contributed by atoms with Crippen LogP contribution >= 0.6 is 0 Å². The quantitative estimate of drug-likeness (QED) is 0.254. The van der Waals surface area contributed by atoms with Gasteiger partial charge in [0.25, 0.3) is 0 Å². The van der Waals surface area contributed by atoms with Crippen LogP contribution < -0.4 is 0 Å². The maximum Gasteiger partial charge on any atom is 0.309 e. The summed E-state index contributed by atoms with van der Waals surface area (Å²) in [5.74, 6) is -3.04. The second-order valence-corrected chi connectivity index (χ2v) is 13.1. The van der Waals surface area contributed by atoms with E-state index < -0.39 is 77.0 Å². The monoisotopic (exact) mass is 569 g/mol. The molecule has 5 N–H and O–H groups in total. The third kappa shape index (κ3) is 7.16. The molecule has 0 amide bonds. The van der Waals surface area contributed by atoms with E-state index in [0.29, 0.717) is 12.8 Å². The third-order valence-electron chi connectivity index (χ3n) is 9.76. The Morgan fingerprint density at radius 2 is 1.62 bits per heavy atom. The van der Waals surface area contributed by atoms with Gasteiger partial charge in [-0.2, -0.15) is 0 Å². The van der Waals surface area contributed by atoms with Crippen LogP contribution in [0.3, 0.4) is 0 Å². The van der Waals surface area contributed by atoms with Crippen molar-refractivity contribution in [2.45, 2.75) is 135 Å². The van der Waals surface area contributed by atoms with Crippen LogP contribution in [0.25, 0.3) is 0 Å². The number of ether oxygens (including phenoxy) is 3. The highest BCUT2D eigenvalue weighted by Gasteiger charge is 2.52. The lowest BCUT2D eigenvalue weighted by molar-refractivity contribution is -0.234. The van der Waals surface area contributed by atoms with Gasteiger partial charge in [-0.05, 0) is 58.8 Å². The van der Waals surface area contributed by atoms with Crippen molar-refractivity contribution in [3.05, 3.63) is 12.2 Å². The molecule has 0 saturated carbocycles. The van der Waals surface area contributed by atoms with Gasteiger partial charge in [0, 0.05) is 31.1 Å². The Labute approximate surface area is 240 Å². The molecule has 232 valence electrons. The van der Waals surface area contributed by atoms with Crippen LogP contribution in [0.4, 0.5) is 0 Å². The molecular weight excluding hydrogens is 514 g/mol. The summed E-state index contributed by atoms with van der Waals surface area (Å²) in [5, 5.41) is 54.2. The molecule has 2 aliphatic heterocycles. The van der Waals surface area contributed by atoms with Crippen molar-refractivity contribution in [3.8, 4) is 0 Å². The van der Waals surface area contributed by atoms with Gasteiger partial charge >= 0.3 is 5.97 Å². The van der Waals surface area contributed by atoms with Gasteiger partial charge in [0.15, 0.2) is 0 Å². The maximum absolute atomic E-state index is 13.7. The molecule has 0 aromatic rings. The Balaban J connectivity index is 2.65. The van der Waals surface area contributed by atoms with Crippen molar-refractivity contribution >= 4 is 11.7 Å². The number of carbonyl (C=O) groups is 1. The molecule has 2 fully saturated rings. The van der Waals surface area contributed by atoms with Gasteiger partial charge in [-0.25, -0.2) is 0 Å². The number of aliphatic hydroxyl groups is 4. The van der Waals surface area contributed by atoms with E-state index in [2.05, 4.69) is 0 Å². The summed E-state index contributed by atoms with van der Waals surface area (Å²) in [4.78, 5) is 13.7. The Kier molecular flexibility index (Phi) is 11.6. The molecule has 13 atom stereocenters. The number of aliphatic hydroxyl groups excluding tert-OH is 2. The summed E-state index contributed by atoms with van der Waals surface area (Å²) in [5.41, 5.74) is -3.80. The second kappa shape index (κ2) is 13.3. The minimum absolute atomic E-state index is 0.209. The van der Waals surface area contributed by atoms with Gasteiger partial charge < -0.3 is 40.0 Å². The number of hydrogen-bond acceptors (Lipinski definition) is 9. The molecule has 2 heterocycles. The van der Waals surface area contributed by atoms with E-state index in [1.54, 1.807) is 47.0 Å². The van der Waals surface area contributed by atoms with Crippen molar-refractivity contribution < 1.29 is 39.4 Å². The van der Waals surface area contributed by atoms with E-state index in [9.17, 15) is 25.2 Å². The van der Waals surface area contributed by atoms with Gasteiger partial charge in [0.1, 0.15) is 17.8 Å². The molecule has 2 rings (SSSR count). The predicted octanol–water partition coefficient (Wildman–Crippen LogP) is 3.64. The molecule has 2 aliphatic rings. The van der Waals surface area contributed by atoms with Crippen LogP contribution in [0.5, 0.6) is 0 Å². The SMILES string of the molecule is C/C=C/[C@@]1(O)C[C@@H](C)C(=N)[C@H](C)[C@@H](O)[C@](C)(O)[C@@H](CC)OC(=O)[C@H](C)C([C@H]2C[C@@](C)(OC)[C@@H](O)[C@H](C)O2)[C@H](C)C1. The molecule has 40 heavy (non-hydrogen) atoms. The number of methoxy groups -OCH3 is 1. The summed E-state index contributed by atoms with van der Waals surface area (Å²) >= 11 is 0. The minimum atomic E-state index is -1.81. The minimum Gasteiger partial charge on any atom is -0.459 e. The molecule has 0 radical (unpaired) electrons. The first-order valence-electron chi connectivity index (χ1n) is 14.8. The largest absolute Gasteiger partial charge is 0.459 e. The van der Waals surface area contributed by atoms with E-state index in [4.69, 9.17) is 19.6 Å². The molecule has 0 aromatic heterocycles. The smallest absolute Gasteiger partial charge is 0.309 e. The van der Waals surface area contributed by atoms with E-state index in [-0.39, 0.29) is 24.5 Å². The Morgan fingerprint density at radius 3 is 2.15 bits per heavy atom. The maximum atomic E-state index is 13.7. The van der Waals surface area contributed by atoms with Gasteiger partial charge in [-0.1, -0.05) is 46.8 Å². The molecule has 9 heteroatoms. The first-order valence-corrected chi connectivity index (χ1v) is 14.8. The number of cyclic esters (lactones) is 1. The summed E-state index contributed by atoms with van der Waals surface area (Å²) in [6.07, 6.45) is 0.368. The summed E-state index contributed by atoms with van der Waals surface area (Å²) < 4.78 is 18.0. The zero-order valence-electron chi connectivity index (χ0n) is 26.2. The Morgan fingerprint density at radius 1 is 1.02 bits per heavy atom. The summed E-state index contributed by atoms with van der Waals surface area (Å²) in [7, 11) is 1.55. The molecule has 0 aromatic carbocycles. The number of rotatable bonds is 4. The normalized spacial score (nSPS) is 48.5. The van der Waals surface area contributed by atoms with Crippen LogP contribution in [0.2, 0.25) is 0 Å².